The number of rotatable bonds is 6. The number of carbonyl (C=O) groups excluding carboxylic acids is 2. The van der Waals surface area contributed by atoms with Crippen LogP contribution in [-0.2, 0) is 16.0 Å². The maximum atomic E-state index is 12.8. The summed E-state index contributed by atoms with van der Waals surface area (Å²) in [7, 11) is 0. The standard InChI is InChI=1S/C20H28N2O2S/c1-14(2)9-10-21-20(24)18-12-25-13-22(18)19(23)11-16-8-7-15-5-3-4-6-17(15)16/h3-6,14,16,18H,7-13H2,1-2H3,(H,21,24). The number of carbonyl (C=O) groups is 2. The fourth-order valence-corrected chi connectivity index (χ4v) is 4.87. The van der Waals surface area contributed by atoms with Gasteiger partial charge in [-0.15, -0.1) is 11.8 Å². The number of nitrogens with zero attached hydrogens (tertiary/aromatic N) is 1. The van der Waals surface area contributed by atoms with Crippen LogP contribution in [0, 0.1) is 5.92 Å². The number of hydrogen-bond donors (Lipinski definition) is 1. The van der Waals surface area contributed by atoms with E-state index in [0.717, 1.165) is 19.3 Å². The molecule has 0 aromatic heterocycles. The number of aryl methyl sites for hydroxylation is 1. The zero-order chi connectivity index (χ0) is 17.8. The van der Waals surface area contributed by atoms with Gasteiger partial charge in [-0.1, -0.05) is 38.1 Å². The summed E-state index contributed by atoms with van der Waals surface area (Å²) in [5.41, 5.74) is 2.69. The summed E-state index contributed by atoms with van der Waals surface area (Å²) in [6.07, 6.45) is 3.59. The van der Waals surface area contributed by atoms with E-state index in [1.807, 2.05) is 0 Å². The second kappa shape index (κ2) is 8.26. The van der Waals surface area contributed by atoms with E-state index in [-0.39, 0.29) is 17.9 Å². The Morgan fingerprint density at radius 2 is 2.12 bits per heavy atom. The highest BCUT2D eigenvalue weighted by molar-refractivity contribution is 7.99. The highest BCUT2D eigenvalue weighted by Gasteiger charge is 2.36. The van der Waals surface area contributed by atoms with Gasteiger partial charge in [0.1, 0.15) is 6.04 Å². The van der Waals surface area contributed by atoms with Gasteiger partial charge in [0.05, 0.1) is 5.88 Å². The third-order valence-electron chi connectivity index (χ3n) is 5.20. The highest BCUT2D eigenvalue weighted by atomic mass is 32.2. The van der Waals surface area contributed by atoms with Crippen LogP contribution in [0.3, 0.4) is 0 Å². The second-order valence-electron chi connectivity index (χ2n) is 7.49. The molecule has 1 N–H and O–H groups in total. The van der Waals surface area contributed by atoms with Gasteiger partial charge in [0.25, 0.3) is 0 Å². The topological polar surface area (TPSA) is 49.4 Å². The molecule has 1 fully saturated rings. The van der Waals surface area contributed by atoms with Crippen LogP contribution < -0.4 is 5.32 Å². The first-order chi connectivity index (χ1) is 12.1. The van der Waals surface area contributed by atoms with Gasteiger partial charge in [-0.05, 0) is 42.2 Å². The summed E-state index contributed by atoms with van der Waals surface area (Å²) in [6, 6.07) is 8.13. The molecular weight excluding hydrogens is 332 g/mol. The maximum Gasteiger partial charge on any atom is 0.243 e. The Morgan fingerprint density at radius 3 is 2.92 bits per heavy atom. The quantitative estimate of drug-likeness (QED) is 0.848. The van der Waals surface area contributed by atoms with Gasteiger partial charge >= 0.3 is 0 Å². The van der Waals surface area contributed by atoms with E-state index in [9.17, 15) is 9.59 Å². The van der Waals surface area contributed by atoms with Gasteiger partial charge in [-0.3, -0.25) is 9.59 Å². The van der Waals surface area contributed by atoms with E-state index >= 15 is 0 Å². The van der Waals surface area contributed by atoms with Crippen molar-refractivity contribution in [1.29, 1.82) is 0 Å². The van der Waals surface area contributed by atoms with Crippen LogP contribution >= 0.6 is 11.8 Å². The van der Waals surface area contributed by atoms with Crippen molar-refractivity contribution in [1.82, 2.24) is 10.2 Å². The molecular formula is C20H28N2O2S. The van der Waals surface area contributed by atoms with Crippen molar-refractivity contribution >= 4 is 23.6 Å². The van der Waals surface area contributed by atoms with E-state index in [2.05, 4.69) is 43.4 Å². The summed E-state index contributed by atoms with van der Waals surface area (Å²) in [5.74, 6) is 2.34. The number of amides is 2. The molecule has 1 aromatic rings. The largest absolute Gasteiger partial charge is 0.354 e. The number of benzene rings is 1. The van der Waals surface area contributed by atoms with Crippen molar-refractivity contribution in [3.63, 3.8) is 0 Å². The van der Waals surface area contributed by atoms with Gasteiger partial charge in [0.15, 0.2) is 0 Å². The molecule has 1 aliphatic carbocycles. The molecule has 4 nitrogen and oxygen atoms in total. The minimum Gasteiger partial charge on any atom is -0.354 e. The smallest absolute Gasteiger partial charge is 0.243 e. The van der Waals surface area contributed by atoms with Crippen LogP contribution in [0.25, 0.3) is 0 Å². The number of fused-ring (bicyclic) bond motifs is 1. The molecule has 2 unspecified atom stereocenters. The van der Waals surface area contributed by atoms with Gasteiger partial charge in [-0.25, -0.2) is 0 Å². The molecule has 5 heteroatoms. The van der Waals surface area contributed by atoms with E-state index in [4.69, 9.17) is 0 Å². The number of nitrogens with one attached hydrogen (secondary N) is 1. The molecule has 1 saturated heterocycles. The molecule has 0 spiro atoms. The first kappa shape index (κ1) is 18.3. The fourth-order valence-electron chi connectivity index (χ4n) is 3.69. The normalized spacial score (nSPS) is 22.3. The van der Waals surface area contributed by atoms with Crippen molar-refractivity contribution in [2.75, 3.05) is 18.2 Å². The lowest BCUT2D eigenvalue weighted by Gasteiger charge is -2.25. The third-order valence-corrected chi connectivity index (χ3v) is 6.22. The Labute approximate surface area is 154 Å². The van der Waals surface area contributed by atoms with Gasteiger partial charge < -0.3 is 10.2 Å². The summed E-state index contributed by atoms with van der Waals surface area (Å²) >= 11 is 1.67. The van der Waals surface area contributed by atoms with Crippen LogP contribution in [0.4, 0.5) is 0 Å². The average molecular weight is 361 g/mol. The van der Waals surface area contributed by atoms with Crippen molar-refractivity contribution < 1.29 is 9.59 Å². The fraction of sp³-hybridized carbons (Fsp3) is 0.600. The molecule has 136 valence electrons. The summed E-state index contributed by atoms with van der Waals surface area (Å²) in [5, 5.41) is 3.00. The molecule has 25 heavy (non-hydrogen) atoms. The maximum absolute atomic E-state index is 12.8. The van der Waals surface area contributed by atoms with E-state index in [1.165, 1.54) is 11.1 Å². The Kier molecular flexibility index (Phi) is 6.05. The SMILES string of the molecule is CC(C)CCNC(=O)C1CSCN1C(=O)CC1CCc2ccccc21. The van der Waals surface area contributed by atoms with Crippen LogP contribution in [0.15, 0.2) is 24.3 Å². The third kappa shape index (κ3) is 4.38. The Hall–Kier alpha value is -1.49. The molecule has 1 heterocycles. The lowest BCUT2D eigenvalue weighted by atomic mass is 9.97. The summed E-state index contributed by atoms with van der Waals surface area (Å²) in [6.45, 7) is 4.98. The highest BCUT2D eigenvalue weighted by Crippen LogP contribution is 2.36. The Balaban J connectivity index is 1.57. The Morgan fingerprint density at radius 1 is 1.32 bits per heavy atom. The number of thioether (sulfide) groups is 1. The molecule has 3 rings (SSSR count). The molecule has 0 bridgehead atoms. The predicted molar refractivity (Wildman–Crippen MR) is 103 cm³/mol. The van der Waals surface area contributed by atoms with E-state index in [0.29, 0.717) is 36.4 Å². The van der Waals surface area contributed by atoms with Crippen LogP contribution in [0.2, 0.25) is 0 Å². The molecule has 2 aliphatic rings. The van der Waals surface area contributed by atoms with Crippen molar-refractivity contribution in [2.24, 2.45) is 5.92 Å². The Bertz CT molecular complexity index is 632. The molecule has 1 aliphatic heterocycles. The zero-order valence-corrected chi connectivity index (χ0v) is 16.0. The van der Waals surface area contributed by atoms with Crippen molar-refractivity contribution in [3.05, 3.63) is 35.4 Å². The molecule has 2 amide bonds. The summed E-state index contributed by atoms with van der Waals surface area (Å²) in [4.78, 5) is 27.1. The van der Waals surface area contributed by atoms with Crippen molar-refractivity contribution in [3.8, 4) is 0 Å². The molecule has 0 saturated carbocycles. The lowest BCUT2D eigenvalue weighted by molar-refractivity contribution is -0.138. The van der Waals surface area contributed by atoms with Crippen molar-refractivity contribution in [2.45, 2.75) is 51.5 Å². The predicted octanol–water partition coefficient (Wildman–Crippen LogP) is 3.17. The number of hydrogen-bond acceptors (Lipinski definition) is 3. The minimum atomic E-state index is -0.304. The average Bonchev–Trinajstić information content (AvgIpc) is 3.22. The van der Waals surface area contributed by atoms with Crippen LogP contribution in [0.1, 0.15) is 50.2 Å². The van der Waals surface area contributed by atoms with Crippen LogP contribution in [0.5, 0.6) is 0 Å². The van der Waals surface area contributed by atoms with E-state index in [1.54, 1.807) is 16.7 Å². The molecule has 1 aromatic carbocycles. The second-order valence-corrected chi connectivity index (χ2v) is 8.49. The summed E-state index contributed by atoms with van der Waals surface area (Å²) < 4.78 is 0. The monoisotopic (exact) mass is 360 g/mol. The van der Waals surface area contributed by atoms with Gasteiger partial charge in [0, 0.05) is 18.7 Å². The lowest BCUT2D eigenvalue weighted by Crippen LogP contribution is -2.47. The van der Waals surface area contributed by atoms with Gasteiger partial charge in [0.2, 0.25) is 11.8 Å². The first-order valence-corrected chi connectivity index (χ1v) is 10.4. The molecule has 0 radical (unpaired) electrons. The van der Waals surface area contributed by atoms with Crippen LogP contribution in [-0.4, -0.2) is 40.9 Å². The van der Waals surface area contributed by atoms with Gasteiger partial charge in [-0.2, -0.15) is 0 Å². The van der Waals surface area contributed by atoms with E-state index < -0.39 is 0 Å². The zero-order valence-electron chi connectivity index (χ0n) is 15.2. The first-order valence-electron chi connectivity index (χ1n) is 9.29. The molecule has 2 atom stereocenters. The minimum absolute atomic E-state index is 0.00539.